The molecule has 3 unspecified atom stereocenters. The van der Waals surface area contributed by atoms with Crippen molar-refractivity contribution in [2.24, 2.45) is 0 Å². The van der Waals surface area contributed by atoms with E-state index in [4.69, 9.17) is 6.42 Å². The number of nitrogens with zero attached hydrogens (tertiary/aromatic N) is 1. The lowest BCUT2D eigenvalue weighted by Gasteiger charge is -2.28. The molecule has 3 N–H and O–H groups in total. The van der Waals surface area contributed by atoms with E-state index in [9.17, 15) is 28.6 Å². The number of terminal acetylenes is 1. The predicted molar refractivity (Wildman–Crippen MR) is 144 cm³/mol. The molecule has 6 nitrogen and oxygen atoms in total. The SMILES string of the molecule is C#CCCCC(O)C(O)C(Cc1cc(F)cc(F)c1)NC(=O)c1cc(C)cc(C(=O)N(CCC)CCC)c1. The second-order valence-corrected chi connectivity index (χ2v) is 9.60. The quantitative estimate of drug-likeness (QED) is 0.250. The molecule has 2 aromatic rings. The Morgan fingerprint density at radius 1 is 1.00 bits per heavy atom. The van der Waals surface area contributed by atoms with Gasteiger partial charge < -0.3 is 20.4 Å². The zero-order valence-corrected chi connectivity index (χ0v) is 22.3. The molecular formula is C30H38F2N2O4. The molecule has 0 aromatic heterocycles. The molecule has 0 bridgehead atoms. The Labute approximate surface area is 224 Å². The van der Waals surface area contributed by atoms with Crippen LogP contribution in [0.3, 0.4) is 0 Å². The van der Waals surface area contributed by atoms with Gasteiger partial charge in [-0.15, -0.1) is 12.3 Å². The Kier molecular flexibility index (Phi) is 12.4. The van der Waals surface area contributed by atoms with Gasteiger partial charge in [0.2, 0.25) is 0 Å². The topological polar surface area (TPSA) is 89.9 Å². The molecule has 2 rings (SSSR count). The van der Waals surface area contributed by atoms with Crippen LogP contribution in [0.4, 0.5) is 8.78 Å². The maximum atomic E-state index is 13.8. The van der Waals surface area contributed by atoms with Gasteiger partial charge in [-0.05, 0) is 80.5 Å². The number of halogens is 2. The number of aliphatic hydroxyl groups excluding tert-OH is 2. The van der Waals surface area contributed by atoms with Crippen LogP contribution < -0.4 is 5.32 Å². The van der Waals surface area contributed by atoms with Crippen LogP contribution in [-0.4, -0.2) is 58.3 Å². The molecule has 0 spiro atoms. The fourth-order valence-corrected chi connectivity index (χ4v) is 4.42. The van der Waals surface area contributed by atoms with Gasteiger partial charge in [-0.1, -0.05) is 13.8 Å². The molecule has 206 valence electrons. The minimum absolute atomic E-state index is 0.133. The molecule has 0 aliphatic carbocycles. The van der Waals surface area contributed by atoms with Crippen LogP contribution in [0.5, 0.6) is 0 Å². The van der Waals surface area contributed by atoms with Gasteiger partial charge >= 0.3 is 0 Å². The molecule has 0 heterocycles. The minimum atomic E-state index is -1.43. The lowest BCUT2D eigenvalue weighted by molar-refractivity contribution is -0.00788. The van der Waals surface area contributed by atoms with Crippen LogP contribution >= 0.6 is 0 Å². The van der Waals surface area contributed by atoms with Crippen LogP contribution in [0, 0.1) is 30.9 Å². The fourth-order valence-electron chi connectivity index (χ4n) is 4.42. The molecule has 0 saturated carbocycles. The molecule has 2 amide bonds. The van der Waals surface area contributed by atoms with Gasteiger partial charge in [0.25, 0.3) is 11.8 Å². The van der Waals surface area contributed by atoms with E-state index < -0.39 is 35.8 Å². The summed E-state index contributed by atoms with van der Waals surface area (Å²) >= 11 is 0. The van der Waals surface area contributed by atoms with Crippen LogP contribution in [0.15, 0.2) is 36.4 Å². The number of amides is 2. The fraction of sp³-hybridized carbons (Fsp3) is 0.467. The number of carbonyl (C=O) groups excluding carboxylic acids is 2. The van der Waals surface area contributed by atoms with Crippen molar-refractivity contribution in [2.75, 3.05) is 13.1 Å². The Bertz CT molecular complexity index is 1110. The summed E-state index contributed by atoms with van der Waals surface area (Å²) in [5.74, 6) is 0.115. The zero-order chi connectivity index (χ0) is 28.2. The Morgan fingerprint density at radius 3 is 2.18 bits per heavy atom. The van der Waals surface area contributed by atoms with Crippen molar-refractivity contribution in [1.82, 2.24) is 10.2 Å². The summed E-state index contributed by atoms with van der Waals surface area (Å²) < 4.78 is 27.6. The van der Waals surface area contributed by atoms with Crippen LogP contribution in [0.2, 0.25) is 0 Å². The highest BCUT2D eigenvalue weighted by Crippen LogP contribution is 2.18. The first-order chi connectivity index (χ1) is 18.1. The van der Waals surface area contributed by atoms with E-state index in [2.05, 4.69) is 11.2 Å². The standard InChI is InChI=1S/C30H38F2N2O4/c1-5-8-9-10-27(35)28(36)26(17-21-15-24(31)19-25(32)16-21)33-29(37)22-13-20(4)14-23(18-22)30(38)34(11-6-2)12-7-3/h1,13-16,18-19,26-28,35-36H,6-12,17H2,2-4H3,(H,33,37). The summed E-state index contributed by atoms with van der Waals surface area (Å²) in [4.78, 5) is 28.2. The number of rotatable bonds is 14. The number of hydrogen-bond donors (Lipinski definition) is 3. The molecule has 0 aliphatic heterocycles. The Balaban J connectivity index is 2.33. The normalized spacial score (nSPS) is 13.3. The van der Waals surface area contributed by atoms with Crippen molar-refractivity contribution in [2.45, 2.75) is 77.5 Å². The monoisotopic (exact) mass is 528 g/mol. The average Bonchev–Trinajstić information content (AvgIpc) is 2.86. The highest BCUT2D eigenvalue weighted by atomic mass is 19.1. The second-order valence-electron chi connectivity index (χ2n) is 9.60. The molecule has 0 saturated heterocycles. The summed E-state index contributed by atoms with van der Waals surface area (Å²) in [6.07, 6.45) is 5.12. The largest absolute Gasteiger partial charge is 0.390 e. The number of nitrogens with one attached hydrogen (secondary N) is 1. The van der Waals surface area contributed by atoms with Crippen LogP contribution in [-0.2, 0) is 6.42 Å². The van der Waals surface area contributed by atoms with Gasteiger partial charge in [0.1, 0.15) is 17.7 Å². The number of benzene rings is 2. The first-order valence-electron chi connectivity index (χ1n) is 13.1. The first-order valence-corrected chi connectivity index (χ1v) is 13.1. The number of aliphatic hydroxyl groups is 2. The maximum Gasteiger partial charge on any atom is 0.253 e. The predicted octanol–water partition coefficient (Wildman–Crippen LogP) is 4.40. The van der Waals surface area contributed by atoms with E-state index in [1.54, 1.807) is 24.0 Å². The van der Waals surface area contributed by atoms with E-state index in [1.807, 2.05) is 13.8 Å². The van der Waals surface area contributed by atoms with Crippen LogP contribution in [0.1, 0.15) is 77.8 Å². The first kappa shape index (κ1) is 30.9. The minimum Gasteiger partial charge on any atom is -0.390 e. The van der Waals surface area contributed by atoms with E-state index in [1.165, 1.54) is 6.07 Å². The Hall–Kier alpha value is -3.28. The summed E-state index contributed by atoms with van der Waals surface area (Å²) in [5, 5.41) is 24.1. The number of aryl methyl sites for hydroxylation is 1. The number of carbonyl (C=O) groups is 2. The molecule has 0 radical (unpaired) electrons. The van der Waals surface area contributed by atoms with E-state index in [0.29, 0.717) is 37.1 Å². The van der Waals surface area contributed by atoms with Gasteiger partial charge in [-0.3, -0.25) is 9.59 Å². The third kappa shape index (κ3) is 9.23. The zero-order valence-electron chi connectivity index (χ0n) is 22.3. The van der Waals surface area contributed by atoms with Crippen molar-refractivity contribution in [3.8, 4) is 12.3 Å². The third-order valence-corrected chi connectivity index (χ3v) is 6.18. The molecule has 8 heteroatoms. The van der Waals surface area contributed by atoms with E-state index in [-0.39, 0.29) is 29.9 Å². The lowest BCUT2D eigenvalue weighted by Crippen LogP contribution is -2.50. The molecule has 0 aliphatic rings. The summed E-state index contributed by atoms with van der Waals surface area (Å²) in [6, 6.07) is 6.71. The average molecular weight is 529 g/mol. The summed E-state index contributed by atoms with van der Waals surface area (Å²) in [5.41, 5.74) is 1.48. The molecule has 38 heavy (non-hydrogen) atoms. The van der Waals surface area contributed by atoms with Crippen molar-refractivity contribution >= 4 is 11.8 Å². The second kappa shape index (κ2) is 15.2. The van der Waals surface area contributed by atoms with Gasteiger partial charge in [0.05, 0.1) is 12.1 Å². The van der Waals surface area contributed by atoms with Gasteiger partial charge in [0, 0.05) is 36.7 Å². The molecule has 3 atom stereocenters. The number of unbranched alkanes of at least 4 members (excludes halogenated alkanes) is 1. The highest BCUT2D eigenvalue weighted by molar-refractivity contribution is 6.00. The van der Waals surface area contributed by atoms with Gasteiger partial charge in [-0.25, -0.2) is 8.78 Å². The van der Waals surface area contributed by atoms with Crippen molar-refractivity contribution < 1.29 is 28.6 Å². The third-order valence-electron chi connectivity index (χ3n) is 6.18. The summed E-state index contributed by atoms with van der Waals surface area (Å²) in [6.45, 7) is 6.94. The highest BCUT2D eigenvalue weighted by Gasteiger charge is 2.29. The summed E-state index contributed by atoms with van der Waals surface area (Å²) in [7, 11) is 0. The Morgan fingerprint density at radius 2 is 1.61 bits per heavy atom. The van der Waals surface area contributed by atoms with Gasteiger partial charge in [-0.2, -0.15) is 0 Å². The van der Waals surface area contributed by atoms with E-state index >= 15 is 0 Å². The van der Waals surface area contributed by atoms with Gasteiger partial charge in [0.15, 0.2) is 0 Å². The van der Waals surface area contributed by atoms with Crippen molar-refractivity contribution in [3.63, 3.8) is 0 Å². The van der Waals surface area contributed by atoms with E-state index in [0.717, 1.165) is 31.0 Å². The number of hydrogen-bond acceptors (Lipinski definition) is 4. The molecule has 2 aromatic carbocycles. The maximum absolute atomic E-state index is 13.8. The van der Waals surface area contributed by atoms with Crippen molar-refractivity contribution in [3.05, 3.63) is 70.3 Å². The smallest absolute Gasteiger partial charge is 0.253 e. The lowest BCUT2D eigenvalue weighted by atomic mass is 9.94. The van der Waals surface area contributed by atoms with Crippen LogP contribution in [0.25, 0.3) is 0 Å². The molecular weight excluding hydrogens is 490 g/mol. The molecule has 0 fully saturated rings. The van der Waals surface area contributed by atoms with Crippen molar-refractivity contribution in [1.29, 1.82) is 0 Å².